The van der Waals surface area contributed by atoms with E-state index in [1.54, 1.807) is 7.05 Å². The fourth-order valence-electron chi connectivity index (χ4n) is 1.97. The molecular weight excluding hydrogens is 352 g/mol. The second-order valence-electron chi connectivity index (χ2n) is 4.70. The Morgan fingerprint density at radius 2 is 2.00 bits per heavy atom. The van der Waals surface area contributed by atoms with Crippen molar-refractivity contribution >= 4 is 39.1 Å². The van der Waals surface area contributed by atoms with Gasteiger partial charge in [0.05, 0.1) is 0 Å². The lowest BCUT2D eigenvalue weighted by molar-refractivity contribution is 0.0963. The van der Waals surface area contributed by atoms with Crippen molar-refractivity contribution in [3.05, 3.63) is 62.6 Å². The number of carbonyl (C=O) groups is 1. The van der Waals surface area contributed by atoms with Crippen molar-refractivity contribution < 1.29 is 4.79 Å². The Kier molecular flexibility index (Phi) is 5.26. The van der Waals surface area contributed by atoms with Crippen molar-refractivity contribution in [2.24, 2.45) is 0 Å². The number of carbonyl (C=O) groups excluding carboxylic acids is 1. The summed E-state index contributed by atoms with van der Waals surface area (Å²) in [5.41, 5.74) is 3.71. The van der Waals surface area contributed by atoms with Gasteiger partial charge in [-0.25, -0.2) is 0 Å². The van der Waals surface area contributed by atoms with Gasteiger partial charge in [0.25, 0.3) is 5.91 Å². The van der Waals surface area contributed by atoms with Crippen LogP contribution in [0.15, 0.2) is 40.9 Å². The van der Waals surface area contributed by atoms with E-state index in [0.717, 1.165) is 21.3 Å². The molecule has 0 aliphatic carbocycles. The number of nitrogens with one attached hydrogen (secondary N) is 2. The zero-order valence-corrected chi connectivity index (χ0v) is 14.2. The minimum atomic E-state index is -0.0954. The number of rotatable bonds is 4. The van der Waals surface area contributed by atoms with Crippen molar-refractivity contribution in [2.75, 3.05) is 12.4 Å². The predicted molar refractivity (Wildman–Crippen MR) is 91.0 cm³/mol. The van der Waals surface area contributed by atoms with E-state index in [1.165, 1.54) is 0 Å². The van der Waals surface area contributed by atoms with E-state index < -0.39 is 0 Å². The Hall–Kier alpha value is -1.52. The van der Waals surface area contributed by atoms with Gasteiger partial charge in [0, 0.05) is 34.3 Å². The molecule has 0 fully saturated rings. The van der Waals surface area contributed by atoms with Crippen molar-refractivity contribution in [3.63, 3.8) is 0 Å². The number of aryl methyl sites for hydroxylation is 1. The summed E-state index contributed by atoms with van der Waals surface area (Å²) in [6.07, 6.45) is 0. The lowest BCUT2D eigenvalue weighted by Gasteiger charge is -2.12. The van der Waals surface area contributed by atoms with E-state index in [0.29, 0.717) is 17.1 Å². The van der Waals surface area contributed by atoms with Gasteiger partial charge >= 0.3 is 0 Å². The molecule has 0 saturated heterocycles. The molecule has 0 unspecified atom stereocenters. The quantitative estimate of drug-likeness (QED) is 0.842. The number of benzene rings is 2. The first-order chi connectivity index (χ1) is 10.0. The van der Waals surface area contributed by atoms with Crippen molar-refractivity contribution in [2.45, 2.75) is 13.5 Å². The van der Waals surface area contributed by atoms with Crippen LogP contribution in [0.3, 0.4) is 0 Å². The van der Waals surface area contributed by atoms with Crippen LogP contribution in [-0.2, 0) is 6.54 Å². The Morgan fingerprint density at radius 3 is 2.71 bits per heavy atom. The molecule has 2 aromatic carbocycles. The molecule has 3 nitrogen and oxygen atoms in total. The van der Waals surface area contributed by atoms with E-state index >= 15 is 0 Å². The van der Waals surface area contributed by atoms with Crippen LogP contribution in [0.1, 0.15) is 21.5 Å². The van der Waals surface area contributed by atoms with Crippen LogP contribution in [0, 0.1) is 6.92 Å². The predicted octanol–water partition coefficient (Wildman–Crippen LogP) is 4.38. The average Bonchev–Trinajstić information content (AvgIpc) is 2.48. The summed E-state index contributed by atoms with van der Waals surface area (Å²) in [6.45, 7) is 2.63. The summed E-state index contributed by atoms with van der Waals surface area (Å²) in [4.78, 5) is 11.7. The maximum atomic E-state index is 11.7. The highest BCUT2D eigenvalue weighted by Crippen LogP contribution is 2.23. The van der Waals surface area contributed by atoms with Gasteiger partial charge in [-0.1, -0.05) is 33.6 Å². The van der Waals surface area contributed by atoms with E-state index in [9.17, 15) is 4.79 Å². The summed E-state index contributed by atoms with van der Waals surface area (Å²) in [7, 11) is 1.62. The second kappa shape index (κ2) is 6.96. The summed E-state index contributed by atoms with van der Waals surface area (Å²) in [5, 5.41) is 6.67. The van der Waals surface area contributed by atoms with Gasteiger partial charge in [-0.15, -0.1) is 0 Å². The highest BCUT2D eigenvalue weighted by molar-refractivity contribution is 9.10. The van der Waals surface area contributed by atoms with Crippen LogP contribution in [0.4, 0.5) is 5.69 Å². The molecule has 0 atom stereocenters. The smallest absolute Gasteiger partial charge is 0.251 e. The standard InChI is InChI=1S/C16H16BrClN2O/c1-10-3-4-11(16(21)19-2)8-15(10)20-9-12-7-13(18)5-6-14(12)17/h3-8,20H,9H2,1-2H3,(H,19,21). The highest BCUT2D eigenvalue weighted by Gasteiger charge is 2.07. The maximum absolute atomic E-state index is 11.7. The van der Waals surface area contributed by atoms with Gasteiger partial charge in [0.1, 0.15) is 0 Å². The number of halogens is 2. The number of amides is 1. The van der Waals surface area contributed by atoms with Crippen molar-refractivity contribution in [3.8, 4) is 0 Å². The molecule has 0 radical (unpaired) electrons. The first-order valence-corrected chi connectivity index (χ1v) is 7.69. The molecule has 0 spiro atoms. The third-order valence-corrected chi connectivity index (χ3v) is 4.21. The zero-order valence-electron chi connectivity index (χ0n) is 11.8. The van der Waals surface area contributed by atoms with Gasteiger partial charge in [-0.05, 0) is 48.4 Å². The topological polar surface area (TPSA) is 41.1 Å². The third kappa shape index (κ3) is 3.99. The Morgan fingerprint density at radius 1 is 1.24 bits per heavy atom. The monoisotopic (exact) mass is 366 g/mol. The second-order valence-corrected chi connectivity index (χ2v) is 5.99. The Bertz CT molecular complexity index is 673. The largest absolute Gasteiger partial charge is 0.381 e. The molecule has 0 heterocycles. The molecule has 0 aliphatic heterocycles. The van der Waals surface area contributed by atoms with E-state index in [2.05, 4.69) is 26.6 Å². The molecule has 2 N–H and O–H groups in total. The molecule has 2 rings (SSSR count). The van der Waals surface area contributed by atoms with Crippen molar-refractivity contribution in [1.82, 2.24) is 5.32 Å². The Labute approximate surface area is 137 Å². The van der Waals surface area contributed by atoms with Gasteiger partial charge < -0.3 is 10.6 Å². The maximum Gasteiger partial charge on any atom is 0.251 e. The first-order valence-electron chi connectivity index (χ1n) is 6.52. The summed E-state index contributed by atoms with van der Waals surface area (Å²) >= 11 is 9.52. The van der Waals surface area contributed by atoms with Gasteiger partial charge in [-0.2, -0.15) is 0 Å². The zero-order chi connectivity index (χ0) is 15.4. The van der Waals surface area contributed by atoms with Crippen molar-refractivity contribution in [1.29, 1.82) is 0 Å². The number of anilines is 1. The van der Waals surface area contributed by atoms with Crippen LogP contribution in [0.5, 0.6) is 0 Å². The minimum absolute atomic E-state index is 0.0954. The molecule has 0 aliphatic rings. The molecule has 0 saturated carbocycles. The molecule has 110 valence electrons. The fourth-order valence-corrected chi connectivity index (χ4v) is 2.55. The molecule has 2 aromatic rings. The first kappa shape index (κ1) is 15.9. The molecule has 5 heteroatoms. The molecule has 21 heavy (non-hydrogen) atoms. The summed E-state index contributed by atoms with van der Waals surface area (Å²) in [5.74, 6) is -0.0954. The lowest BCUT2D eigenvalue weighted by Crippen LogP contribution is -2.18. The SMILES string of the molecule is CNC(=O)c1ccc(C)c(NCc2cc(Cl)ccc2Br)c1. The van der Waals surface area contributed by atoms with Crippen LogP contribution in [-0.4, -0.2) is 13.0 Å². The molecular formula is C16H16BrClN2O. The third-order valence-electron chi connectivity index (χ3n) is 3.20. The lowest BCUT2D eigenvalue weighted by atomic mass is 10.1. The highest BCUT2D eigenvalue weighted by atomic mass is 79.9. The number of hydrogen-bond donors (Lipinski definition) is 2. The van der Waals surface area contributed by atoms with E-state index in [-0.39, 0.29) is 5.91 Å². The molecule has 0 bridgehead atoms. The van der Waals surface area contributed by atoms with Crippen LogP contribution < -0.4 is 10.6 Å². The summed E-state index contributed by atoms with van der Waals surface area (Å²) < 4.78 is 1.000. The fraction of sp³-hybridized carbons (Fsp3) is 0.188. The minimum Gasteiger partial charge on any atom is -0.381 e. The Balaban J connectivity index is 2.19. The van der Waals surface area contributed by atoms with Crippen LogP contribution >= 0.6 is 27.5 Å². The van der Waals surface area contributed by atoms with Crippen LogP contribution in [0.25, 0.3) is 0 Å². The van der Waals surface area contributed by atoms with Gasteiger partial charge in [0.2, 0.25) is 0 Å². The summed E-state index contributed by atoms with van der Waals surface area (Å²) in [6, 6.07) is 11.3. The van der Waals surface area contributed by atoms with E-state index in [4.69, 9.17) is 11.6 Å². The van der Waals surface area contributed by atoms with Crippen LogP contribution in [0.2, 0.25) is 5.02 Å². The number of hydrogen-bond acceptors (Lipinski definition) is 2. The average molecular weight is 368 g/mol. The van der Waals surface area contributed by atoms with E-state index in [1.807, 2.05) is 43.3 Å². The molecule has 1 amide bonds. The van der Waals surface area contributed by atoms with Gasteiger partial charge in [-0.3, -0.25) is 4.79 Å². The normalized spacial score (nSPS) is 10.3. The van der Waals surface area contributed by atoms with Gasteiger partial charge in [0.15, 0.2) is 0 Å². The molecule has 0 aromatic heterocycles.